The number of allylic oxidation sites excluding steroid dienone is 14. The Morgan fingerprint density at radius 3 is 1.45 bits per heavy atom. The summed E-state index contributed by atoms with van der Waals surface area (Å²) >= 11 is 0. The number of nitrogens with zero attached hydrogens (tertiary/aromatic N) is 1. The molecule has 0 aromatic heterocycles. The molecular weight excluding hydrogens is 751 g/mol. The molecule has 0 aliphatic rings. The van der Waals surface area contributed by atoms with Crippen molar-refractivity contribution >= 4 is 17.9 Å². The predicted octanol–water partition coefficient (Wildman–Crippen LogP) is 13.3. The third-order valence-electron chi connectivity index (χ3n) is 10.2. The zero-order valence-corrected chi connectivity index (χ0v) is 38.9. The lowest BCUT2D eigenvalue weighted by molar-refractivity contribution is -0.887. The van der Waals surface area contributed by atoms with Crippen molar-refractivity contribution in [2.24, 2.45) is 0 Å². The van der Waals surface area contributed by atoms with E-state index in [0.29, 0.717) is 19.3 Å². The fourth-order valence-corrected chi connectivity index (χ4v) is 6.53. The second-order valence-corrected chi connectivity index (χ2v) is 16.8. The molecular formula is C52H88NO7+. The Balaban J connectivity index is 4.40. The molecule has 0 radical (unpaired) electrons. The third kappa shape index (κ3) is 39.9. The van der Waals surface area contributed by atoms with Crippen molar-refractivity contribution in [2.75, 3.05) is 41.0 Å². The van der Waals surface area contributed by atoms with Crippen molar-refractivity contribution in [1.82, 2.24) is 0 Å². The number of unbranched alkanes of at least 4 members (excludes halogenated alkanes) is 18. The number of carbonyl (C=O) groups excluding carboxylic acids is 2. The quantitative estimate of drug-likeness (QED) is 0.0215. The van der Waals surface area contributed by atoms with Crippen molar-refractivity contribution in [3.05, 3.63) is 85.1 Å². The number of aliphatic carboxylic acids is 1. The van der Waals surface area contributed by atoms with E-state index >= 15 is 0 Å². The van der Waals surface area contributed by atoms with Crippen LogP contribution < -0.4 is 0 Å². The van der Waals surface area contributed by atoms with Gasteiger partial charge in [-0.3, -0.25) is 9.59 Å². The average molecular weight is 839 g/mol. The van der Waals surface area contributed by atoms with E-state index in [4.69, 9.17) is 14.2 Å². The molecule has 0 heterocycles. The summed E-state index contributed by atoms with van der Waals surface area (Å²) in [5.41, 5.74) is 0. The van der Waals surface area contributed by atoms with E-state index in [1.54, 1.807) is 0 Å². The van der Waals surface area contributed by atoms with Gasteiger partial charge in [0, 0.05) is 19.3 Å². The Labute approximate surface area is 367 Å². The number of hydrogen-bond donors (Lipinski definition) is 1. The molecule has 60 heavy (non-hydrogen) atoms. The first-order chi connectivity index (χ1) is 29.1. The SMILES string of the molecule is CC/C=C/C=C/C=C/C=C/C=C/C=C/CCCCCC(=O)OC(COCCC(C(=O)O)[N+](C)(C)C)COC(=O)CCCCCCCCC/C=C/CCCCCCCCCC. The van der Waals surface area contributed by atoms with Crippen molar-refractivity contribution in [3.8, 4) is 0 Å². The Kier molecular flexibility index (Phi) is 39.8. The van der Waals surface area contributed by atoms with Gasteiger partial charge in [0.2, 0.25) is 0 Å². The normalized spacial score (nSPS) is 13.7. The number of hydrogen-bond acceptors (Lipinski definition) is 6. The zero-order chi connectivity index (χ0) is 44.2. The molecule has 8 heteroatoms. The van der Waals surface area contributed by atoms with Crippen molar-refractivity contribution in [3.63, 3.8) is 0 Å². The van der Waals surface area contributed by atoms with Crippen LogP contribution in [0.25, 0.3) is 0 Å². The molecule has 0 aromatic rings. The second-order valence-electron chi connectivity index (χ2n) is 16.8. The number of carboxylic acid groups (broad SMARTS) is 1. The van der Waals surface area contributed by atoms with Crippen LogP contribution in [0, 0.1) is 0 Å². The first-order valence-electron chi connectivity index (χ1n) is 23.7. The zero-order valence-electron chi connectivity index (χ0n) is 38.9. The van der Waals surface area contributed by atoms with Gasteiger partial charge in [-0.2, -0.15) is 0 Å². The van der Waals surface area contributed by atoms with E-state index in [2.05, 4.69) is 38.2 Å². The molecule has 2 unspecified atom stereocenters. The maximum absolute atomic E-state index is 12.7. The molecule has 0 amide bonds. The van der Waals surface area contributed by atoms with Gasteiger partial charge >= 0.3 is 17.9 Å². The van der Waals surface area contributed by atoms with Gasteiger partial charge in [0.1, 0.15) is 6.61 Å². The van der Waals surface area contributed by atoms with Gasteiger partial charge in [-0.25, -0.2) is 4.79 Å². The average Bonchev–Trinajstić information content (AvgIpc) is 3.21. The first-order valence-corrected chi connectivity index (χ1v) is 23.7. The Bertz CT molecular complexity index is 1250. The largest absolute Gasteiger partial charge is 0.477 e. The monoisotopic (exact) mass is 839 g/mol. The van der Waals surface area contributed by atoms with E-state index in [0.717, 1.165) is 44.9 Å². The molecule has 2 atom stereocenters. The minimum absolute atomic E-state index is 0.0367. The summed E-state index contributed by atoms with van der Waals surface area (Å²) in [6, 6.07) is -0.629. The molecule has 342 valence electrons. The number of ether oxygens (including phenoxy) is 3. The summed E-state index contributed by atoms with van der Waals surface area (Å²) in [4.78, 5) is 37.1. The highest BCUT2D eigenvalue weighted by Crippen LogP contribution is 2.14. The summed E-state index contributed by atoms with van der Waals surface area (Å²) in [6.07, 6.45) is 54.8. The van der Waals surface area contributed by atoms with Crippen LogP contribution in [-0.2, 0) is 28.6 Å². The highest BCUT2D eigenvalue weighted by Gasteiger charge is 2.31. The summed E-state index contributed by atoms with van der Waals surface area (Å²) < 4.78 is 17.3. The van der Waals surface area contributed by atoms with Gasteiger partial charge in [0.15, 0.2) is 12.1 Å². The first kappa shape index (κ1) is 56.5. The van der Waals surface area contributed by atoms with Gasteiger partial charge < -0.3 is 23.8 Å². The van der Waals surface area contributed by atoms with Crippen LogP contribution >= 0.6 is 0 Å². The van der Waals surface area contributed by atoms with Crippen LogP contribution in [-0.4, -0.2) is 80.6 Å². The molecule has 0 aliphatic heterocycles. The number of rotatable bonds is 41. The van der Waals surface area contributed by atoms with Gasteiger partial charge in [0.25, 0.3) is 0 Å². The van der Waals surface area contributed by atoms with Crippen molar-refractivity contribution in [1.29, 1.82) is 0 Å². The molecule has 1 N–H and O–H groups in total. The summed E-state index contributed by atoms with van der Waals surface area (Å²) in [5, 5.41) is 9.63. The van der Waals surface area contributed by atoms with E-state index in [1.165, 1.54) is 89.9 Å². The maximum atomic E-state index is 12.7. The Hall–Kier alpha value is -3.49. The van der Waals surface area contributed by atoms with Crippen LogP contribution in [0.4, 0.5) is 0 Å². The molecule has 0 bridgehead atoms. The van der Waals surface area contributed by atoms with Crippen molar-refractivity contribution in [2.45, 2.75) is 187 Å². The van der Waals surface area contributed by atoms with E-state index in [1.807, 2.05) is 81.9 Å². The van der Waals surface area contributed by atoms with Crippen LogP contribution in [0.2, 0.25) is 0 Å². The van der Waals surface area contributed by atoms with Crippen LogP contribution in [0.3, 0.4) is 0 Å². The lowest BCUT2D eigenvalue weighted by atomic mass is 10.1. The topological polar surface area (TPSA) is 99.1 Å². The number of esters is 2. The van der Waals surface area contributed by atoms with Gasteiger partial charge in [0.05, 0.1) is 34.4 Å². The Morgan fingerprint density at radius 2 is 0.950 bits per heavy atom. The van der Waals surface area contributed by atoms with Crippen LogP contribution in [0.15, 0.2) is 85.1 Å². The lowest BCUT2D eigenvalue weighted by Gasteiger charge is -2.31. The van der Waals surface area contributed by atoms with Crippen LogP contribution in [0.5, 0.6) is 0 Å². The highest BCUT2D eigenvalue weighted by atomic mass is 16.6. The number of quaternary nitrogens is 1. The Morgan fingerprint density at radius 1 is 0.517 bits per heavy atom. The standard InChI is InChI=1S/C52H87NO7/c1-6-8-10-12-14-16-18-20-22-24-25-27-28-30-32-34-36-38-40-42-50(54)59-47-48(46-58-45-44-49(52(56)57)53(3,4)5)60-51(55)43-41-39-37-35-33-31-29-26-23-21-19-17-15-13-11-9-7-2/h9,11,13,15,17,19,21,23-26,29,31,33,48-49H,6-8,10,12,14,16,18,20,22,27-28,30,32,34-47H2,1-5H3/p+1/b11-9+,15-13+,19-17+,23-21+,25-24+,29-26+,33-31+. The maximum Gasteiger partial charge on any atom is 0.362 e. The summed E-state index contributed by atoms with van der Waals surface area (Å²) in [5.74, 6) is -1.54. The highest BCUT2D eigenvalue weighted by molar-refractivity contribution is 5.72. The number of carboxylic acids is 1. The molecule has 0 aromatic carbocycles. The van der Waals surface area contributed by atoms with E-state index in [9.17, 15) is 19.5 Å². The fraction of sp³-hybridized carbons (Fsp3) is 0.673. The van der Waals surface area contributed by atoms with Gasteiger partial charge in [-0.05, 0) is 57.8 Å². The lowest BCUT2D eigenvalue weighted by Crippen LogP contribution is -2.50. The molecule has 8 nitrogen and oxygen atoms in total. The fourth-order valence-electron chi connectivity index (χ4n) is 6.53. The molecule has 0 spiro atoms. The van der Waals surface area contributed by atoms with Crippen LogP contribution in [0.1, 0.15) is 174 Å². The number of carbonyl (C=O) groups is 3. The minimum atomic E-state index is -0.887. The van der Waals surface area contributed by atoms with Crippen molar-refractivity contribution < 1.29 is 38.2 Å². The number of likely N-dealkylation sites (N-methyl/N-ethyl adjacent to an activating group) is 1. The van der Waals surface area contributed by atoms with E-state index in [-0.39, 0.29) is 42.7 Å². The summed E-state index contributed by atoms with van der Waals surface area (Å²) in [7, 11) is 5.50. The third-order valence-corrected chi connectivity index (χ3v) is 10.2. The summed E-state index contributed by atoms with van der Waals surface area (Å²) in [6.45, 7) is 4.53. The molecule has 0 aliphatic carbocycles. The van der Waals surface area contributed by atoms with E-state index < -0.39 is 18.1 Å². The smallest absolute Gasteiger partial charge is 0.362 e. The molecule has 0 saturated carbocycles. The molecule has 0 rings (SSSR count). The molecule has 0 fully saturated rings. The van der Waals surface area contributed by atoms with Gasteiger partial charge in [-0.15, -0.1) is 0 Å². The predicted molar refractivity (Wildman–Crippen MR) is 252 cm³/mol. The van der Waals surface area contributed by atoms with Gasteiger partial charge in [-0.1, -0.05) is 182 Å². The second kappa shape index (κ2) is 42.2. The molecule has 0 saturated heterocycles. The minimum Gasteiger partial charge on any atom is -0.477 e.